The van der Waals surface area contributed by atoms with Gasteiger partial charge in [0, 0.05) is 17.8 Å². The van der Waals surface area contributed by atoms with Gasteiger partial charge in [0.05, 0.1) is 12.1 Å². The maximum Gasteiger partial charge on any atom is 0.413 e. The van der Waals surface area contributed by atoms with Gasteiger partial charge in [0.25, 0.3) is 5.91 Å². The van der Waals surface area contributed by atoms with Crippen LogP contribution in [0, 0.1) is 5.41 Å². The third-order valence-electron chi connectivity index (χ3n) is 7.41. The Labute approximate surface area is 268 Å². The number of nitrogens with zero attached hydrogens (tertiary/aromatic N) is 1. The second-order valence-corrected chi connectivity index (χ2v) is 11.9. The predicted octanol–water partition coefficient (Wildman–Crippen LogP) is 2.49. The molecule has 15 heteroatoms. The van der Waals surface area contributed by atoms with Gasteiger partial charge in [-0.25, -0.2) is 14.6 Å². The van der Waals surface area contributed by atoms with Crippen molar-refractivity contribution < 1.29 is 33.4 Å². The van der Waals surface area contributed by atoms with Crippen LogP contribution in [0.3, 0.4) is 0 Å². The summed E-state index contributed by atoms with van der Waals surface area (Å²) in [5.41, 5.74) is 3.83. The zero-order valence-electron chi connectivity index (χ0n) is 25.2. The van der Waals surface area contributed by atoms with Crippen molar-refractivity contribution in [3.8, 4) is 11.1 Å². The molecule has 2 heterocycles. The number of alkyl carbamates (subject to hydrolysis) is 1. The first-order valence-electron chi connectivity index (χ1n) is 14.5. The minimum Gasteiger partial charge on any atom is -0.449 e. The van der Waals surface area contributed by atoms with E-state index in [9.17, 15) is 24.0 Å². The van der Waals surface area contributed by atoms with E-state index in [0.717, 1.165) is 33.6 Å². The van der Waals surface area contributed by atoms with Gasteiger partial charge in [-0.15, -0.1) is 11.3 Å². The standard InChI is InChI=1S/C31H33N7O7S/c1-15(2)45-31(43)38-29-36-23(14-46-29)24(32)27(40)37-25-22(35-28(25)41)12-33-26(39)16(3)34-30(42)44-13-21-19-10-6-4-8-17(19)18-9-5-7-11-20(18)21/h4-11,14-16,21-22,25,32H,12-13H2,1-3H3,(H,33,39)(H,34,42)(H,35,41)(H,37,40)(H,36,38,43). The van der Waals surface area contributed by atoms with Crippen LogP contribution < -0.4 is 26.6 Å². The summed E-state index contributed by atoms with van der Waals surface area (Å²) in [7, 11) is 0. The number of carbonyl (C=O) groups excluding carboxylic acids is 5. The summed E-state index contributed by atoms with van der Waals surface area (Å²) in [5, 5.41) is 22.4. The fourth-order valence-electron chi connectivity index (χ4n) is 5.13. The van der Waals surface area contributed by atoms with Crippen molar-refractivity contribution in [3.05, 3.63) is 70.7 Å². The topological polar surface area (TPSA) is 201 Å². The maximum atomic E-state index is 12.7. The number of ether oxygens (including phenoxy) is 2. The van der Waals surface area contributed by atoms with Crippen molar-refractivity contribution in [3.63, 3.8) is 0 Å². The highest BCUT2D eigenvalue weighted by atomic mass is 32.1. The van der Waals surface area contributed by atoms with Crippen LogP contribution in [0.15, 0.2) is 53.9 Å². The van der Waals surface area contributed by atoms with Gasteiger partial charge in [0.1, 0.15) is 30.1 Å². The lowest BCUT2D eigenvalue weighted by molar-refractivity contribution is -0.135. The molecule has 0 spiro atoms. The zero-order valence-corrected chi connectivity index (χ0v) is 26.0. The molecule has 2 aliphatic rings. The lowest BCUT2D eigenvalue weighted by Gasteiger charge is -2.37. The molecule has 0 radical (unpaired) electrons. The normalized spacial score (nSPS) is 17.0. The lowest BCUT2D eigenvalue weighted by Crippen LogP contribution is -2.72. The molecule has 1 aliphatic heterocycles. The Kier molecular flexibility index (Phi) is 9.61. The molecule has 1 aromatic heterocycles. The van der Waals surface area contributed by atoms with Crippen LogP contribution >= 0.6 is 11.3 Å². The number of hydrogen-bond donors (Lipinski definition) is 6. The van der Waals surface area contributed by atoms with E-state index in [2.05, 4.69) is 31.6 Å². The minimum absolute atomic E-state index is 0.0000608. The summed E-state index contributed by atoms with van der Waals surface area (Å²) < 4.78 is 10.5. The highest BCUT2D eigenvalue weighted by Gasteiger charge is 2.41. The number of fused-ring (bicyclic) bond motifs is 3. The largest absolute Gasteiger partial charge is 0.449 e. The van der Waals surface area contributed by atoms with E-state index in [1.165, 1.54) is 12.3 Å². The van der Waals surface area contributed by atoms with Gasteiger partial charge in [0.2, 0.25) is 11.8 Å². The minimum atomic E-state index is -1.00. The van der Waals surface area contributed by atoms with Gasteiger partial charge >= 0.3 is 12.2 Å². The predicted molar refractivity (Wildman–Crippen MR) is 169 cm³/mol. The highest BCUT2D eigenvalue weighted by Crippen LogP contribution is 2.44. The third kappa shape index (κ3) is 7.15. The molecule has 3 aromatic rings. The van der Waals surface area contributed by atoms with Gasteiger partial charge in [-0.1, -0.05) is 48.5 Å². The van der Waals surface area contributed by atoms with Crippen molar-refractivity contribution in [1.29, 1.82) is 5.41 Å². The van der Waals surface area contributed by atoms with E-state index in [4.69, 9.17) is 14.9 Å². The summed E-state index contributed by atoms with van der Waals surface area (Å²) in [5.74, 6) is -1.99. The maximum absolute atomic E-state index is 12.7. The fourth-order valence-corrected chi connectivity index (χ4v) is 5.82. The molecule has 3 atom stereocenters. The summed E-state index contributed by atoms with van der Waals surface area (Å²) in [6.07, 6.45) is -1.80. The Bertz CT molecular complexity index is 1650. The van der Waals surface area contributed by atoms with E-state index in [-0.39, 0.29) is 36.0 Å². The number of nitrogens with one attached hydrogen (secondary N) is 6. The van der Waals surface area contributed by atoms with E-state index >= 15 is 0 Å². The molecule has 1 aliphatic carbocycles. The van der Waals surface area contributed by atoms with Crippen molar-refractivity contribution >= 4 is 52.1 Å². The zero-order chi connectivity index (χ0) is 33.0. The number of hydrogen-bond acceptors (Lipinski definition) is 10. The third-order valence-corrected chi connectivity index (χ3v) is 8.16. The van der Waals surface area contributed by atoms with Crippen LogP contribution in [-0.4, -0.2) is 78.0 Å². The summed E-state index contributed by atoms with van der Waals surface area (Å²) >= 11 is 1.00. The van der Waals surface area contributed by atoms with Crippen molar-refractivity contribution in [2.24, 2.45) is 0 Å². The molecule has 1 fully saturated rings. The van der Waals surface area contributed by atoms with Crippen molar-refractivity contribution in [2.45, 2.75) is 50.9 Å². The molecule has 1 saturated heterocycles. The first-order valence-corrected chi connectivity index (χ1v) is 15.4. The Balaban J connectivity index is 1.06. The molecular formula is C31H33N7O7S. The van der Waals surface area contributed by atoms with Gasteiger partial charge in [-0.3, -0.25) is 25.1 Å². The van der Waals surface area contributed by atoms with Crippen LogP contribution in [0.1, 0.15) is 43.5 Å². The molecular weight excluding hydrogens is 614 g/mol. The Morgan fingerprint density at radius 3 is 2.28 bits per heavy atom. The summed E-state index contributed by atoms with van der Waals surface area (Å²) in [4.78, 5) is 65.9. The smallest absolute Gasteiger partial charge is 0.413 e. The van der Waals surface area contributed by atoms with Crippen LogP contribution in [0.4, 0.5) is 14.7 Å². The van der Waals surface area contributed by atoms with Gasteiger partial charge < -0.3 is 30.7 Å². The van der Waals surface area contributed by atoms with E-state index in [1.807, 2.05) is 48.5 Å². The first-order chi connectivity index (χ1) is 22.0. The molecule has 5 rings (SSSR count). The monoisotopic (exact) mass is 647 g/mol. The fraction of sp³-hybridized carbons (Fsp3) is 0.323. The molecule has 0 saturated carbocycles. The number of anilines is 1. The number of aromatic nitrogens is 1. The summed E-state index contributed by atoms with van der Waals surface area (Å²) in [6.45, 7) is 4.93. The van der Waals surface area contributed by atoms with Crippen LogP contribution in [0.25, 0.3) is 11.1 Å². The number of thiazole rings is 1. The Morgan fingerprint density at radius 1 is 1.00 bits per heavy atom. The average molecular weight is 648 g/mol. The number of β-lactam (4-membered cyclic amide) rings is 1. The van der Waals surface area contributed by atoms with Crippen LogP contribution in [0.2, 0.25) is 0 Å². The van der Waals surface area contributed by atoms with Crippen LogP contribution in [0.5, 0.6) is 0 Å². The number of amides is 5. The molecule has 0 bridgehead atoms. The van der Waals surface area contributed by atoms with Gasteiger partial charge in [0.15, 0.2) is 5.13 Å². The number of rotatable bonds is 11. The number of carbonyl (C=O) groups is 5. The average Bonchev–Trinajstić information content (AvgIpc) is 3.62. The van der Waals surface area contributed by atoms with Crippen molar-refractivity contribution in [2.75, 3.05) is 18.5 Å². The molecule has 6 N–H and O–H groups in total. The second-order valence-electron chi connectivity index (χ2n) is 11.0. The van der Waals surface area contributed by atoms with E-state index in [0.29, 0.717) is 0 Å². The molecule has 240 valence electrons. The molecule has 3 unspecified atom stereocenters. The van der Waals surface area contributed by atoms with E-state index in [1.54, 1.807) is 13.8 Å². The SMILES string of the molecule is CC(C)OC(=O)Nc1nc(C(=N)C(=O)NC2C(=O)NC2CNC(=O)C(C)NC(=O)OCC2c3ccccc3-c3ccccc32)cs1. The second kappa shape index (κ2) is 13.8. The summed E-state index contributed by atoms with van der Waals surface area (Å²) in [6, 6.07) is 13.3. The van der Waals surface area contributed by atoms with Gasteiger partial charge in [-0.05, 0) is 43.0 Å². The quantitative estimate of drug-likeness (QED) is 0.135. The van der Waals surface area contributed by atoms with E-state index < -0.39 is 53.7 Å². The molecule has 14 nitrogen and oxygen atoms in total. The molecule has 2 aromatic carbocycles. The Morgan fingerprint density at radius 2 is 1.65 bits per heavy atom. The molecule has 46 heavy (non-hydrogen) atoms. The van der Waals surface area contributed by atoms with Gasteiger partial charge in [-0.2, -0.15) is 0 Å². The van der Waals surface area contributed by atoms with Crippen molar-refractivity contribution in [1.82, 2.24) is 26.3 Å². The number of benzene rings is 2. The van der Waals surface area contributed by atoms with Crippen LogP contribution in [-0.2, 0) is 23.9 Å². The lowest BCUT2D eigenvalue weighted by atomic mass is 9.98. The molecule has 5 amide bonds. The highest BCUT2D eigenvalue weighted by molar-refractivity contribution is 7.14. The first kappa shape index (κ1) is 32.1. The Hall–Kier alpha value is -5.31.